The van der Waals surface area contributed by atoms with Gasteiger partial charge in [-0.2, -0.15) is 0 Å². The highest BCUT2D eigenvalue weighted by Gasteiger charge is 2.39. The molecule has 1 unspecified atom stereocenters. The van der Waals surface area contributed by atoms with Gasteiger partial charge in [0, 0.05) is 18.8 Å². The molecule has 0 aromatic heterocycles. The molecule has 1 fully saturated rings. The fourth-order valence-electron chi connectivity index (χ4n) is 6.07. The Balaban J connectivity index is 2.61. The van der Waals surface area contributed by atoms with Gasteiger partial charge >= 0.3 is 11.9 Å². The third-order valence-corrected chi connectivity index (χ3v) is 10.5. The quantitative estimate of drug-likeness (QED) is 0.0194. The van der Waals surface area contributed by atoms with Crippen molar-refractivity contribution in [1.29, 1.82) is 0 Å². The fourth-order valence-corrected chi connectivity index (χ4v) is 6.80. The van der Waals surface area contributed by atoms with Gasteiger partial charge in [0.05, 0.1) is 52.5 Å². The predicted molar refractivity (Wildman–Crippen MR) is 233 cm³/mol. The van der Waals surface area contributed by atoms with E-state index in [0.717, 1.165) is 51.4 Å². The lowest BCUT2D eigenvalue weighted by atomic mass is 9.89. The zero-order valence-corrected chi connectivity index (χ0v) is 37.4. The molecule has 13 heteroatoms. The van der Waals surface area contributed by atoms with Crippen LogP contribution in [0.2, 0.25) is 0 Å². The monoisotopic (exact) mass is 850 g/mol. The summed E-state index contributed by atoms with van der Waals surface area (Å²) in [4.78, 5) is 37.8. The topological polar surface area (TPSA) is 172 Å². The normalized spacial score (nSPS) is 21.3. The van der Waals surface area contributed by atoms with E-state index < -0.39 is 57.4 Å². The fraction of sp³-hybridized carbons (Fsp3) is 0.652. The zero-order valence-electron chi connectivity index (χ0n) is 36.5. The minimum absolute atomic E-state index is 0.0756. The number of hydrogen-bond donors (Lipinski definition) is 3. The standard InChI is InChI=1S/C46H76NO11P/c1-6-8-10-11-12-13-14-15-16-17-18-19-20-21-22-23-25-31-46(52)58-40(38-57-59(53,54)56-35-34-47(3,4)5)37-55-45(51)30-27-26-29-41-42(44(50)36-43(41)49)33-32-39(48)28-24-9-7-2/h8,10,12-13,15-16,18-19,21-22,26-27,32-33,39-44,48-50H,6-7,9,11,14,17,20,23-25,28-31,34-38H2,1-5H3/b10-8-,13-12-,16-15-,19-18-,22-21-,27-26-,33-32+/t39-,40-,41+,42-,43+,44-/m1/s1. The number of aliphatic hydroxyl groups is 3. The van der Waals surface area contributed by atoms with Gasteiger partial charge in [-0.3, -0.25) is 14.2 Å². The SMILES string of the molecule is CC/C=C\C/C=C\C/C=C\C/C=C\C/C=C\CCCC(=O)O[C@H](COC(=O)C/C=C\C[C@H]1[C@@H](/C=C/[C@H](O)CCCCC)[C@H](O)C[C@@H]1O)COP(=O)([O-])OCC[N+](C)(C)C. The first kappa shape index (κ1) is 54.1. The van der Waals surface area contributed by atoms with Crippen molar-refractivity contribution in [2.24, 2.45) is 11.8 Å². The number of phosphoric ester groups is 1. The van der Waals surface area contributed by atoms with Crippen LogP contribution in [0.5, 0.6) is 0 Å². The highest BCUT2D eigenvalue weighted by atomic mass is 31.2. The summed E-state index contributed by atoms with van der Waals surface area (Å²) < 4.78 is 33.7. The Morgan fingerprint density at radius 1 is 0.797 bits per heavy atom. The van der Waals surface area contributed by atoms with E-state index in [0.29, 0.717) is 36.7 Å². The summed E-state index contributed by atoms with van der Waals surface area (Å²) in [6.45, 7) is 3.53. The van der Waals surface area contributed by atoms with Crippen LogP contribution in [0.15, 0.2) is 85.1 Å². The van der Waals surface area contributed by atoms with Crippen LogP contribution in [0.4, 0.5) is 0 Å². The molecule has 1 aliphatic carbocycles. The maximum Gasteiger partial charge on any atom is 0.309 e. The molecule has 1 aliphatic rings. The van der Waals surface area contributed by atoms with Crippen LogP contribution in [-0.4, -0.2) is 104 Å². The molecule has 7 atom stereocenters. The second-order valence-corrected chi connectivity index (χ2v) is 17.4. The van der Waals surface area contributed by atoms with Crippen LogP contribution >= 0.6 is 7.82 Å². The molecule has 59 heavy (non-hydrogen) atoms. The number of ether oxygens (including phenoxy) is 2. The average molecular weight is 850 g/mol. The van der Waals surface area contributed by atoms with Crippen LogP contribution in [0.3, 0.4) is 0 Å². The van der Waals surface area contributed by atoms with E-state index in [-0.39, 0.29) is 37.7 Å². The van der Waals surface area contributed by atoms with Gasteiger partial charge in [0.2, 0.25) is 0 Å². The third-order valence-electron chi connectivity index (χ3n) is 9.50. The van der Waals surface area contributed by atoms with E-state index in [9.17, 15) is 34.4 Å². The zero-order chi connectivity index (χ0) is 43.8. The molecule has 0 bridgehead atoms. The maximum absolute atomic E-state index is 12.7. The van der Waals surface area contributed by atoms with Crippen LogP contribution < -0.4 is 4.89 Å². The van der Waals surface area contributed by atoms with Gasteiger partial charge in [0.25, 0.3) is 7.82 Å². The summed E-state index contributed by atoms with van der Waals surface area (Å²) in [6, 6.07) is 0. The lowest BCUT2D eigenvalue weighted by molar-refractivity contribution is -0.870. The second kappa shape index (κ2) is 32.8. The number of phosphoric acid groups is 1. The maximum atomic E-state index is 12.7. The van der Waals surface area contributed by atoms with Crippen molar-refractivity contribution in [1.82, 2.24) is 0 Å². The third kappa shape index (κ3) is 29.9. The number of allylic oxidation sites excluding steroid dienone is 11. The highest BCUT2D eigenvalue weighted by Crippen LogP contribution is 2.38. The van der Waals surface area contributed by atoms with Crippen LogP contribution in [0.1, 0.15) is 110 Å². The molecule has 1 rings (SSSR count). The Labute approximate surface area is 355 Å². The van der Waals surface area contributed by atoms with Crippen molar-refractivity contribution in [3.05, 3.63) is 85.1 Å². The van der Waals surface area contributed by atoms with Gasteiger partial charge in [-0.05, 0) is 63.7 Å². The van der Waals surface area contributed by atoms with E-state index in [4.69, 9.17) is 18.5 Å². The molecule has 0 saturated heterocycles. The summed E-state index contributed by atoms with van der Waals surface area (Å²) in [7, 11) is 0.941. The highest BCUT2D eigenvalue weighted by molar-refractivity contribution is 7.45. The van der Waals surface area contributed by atoms with E-state index >= 15 is 0 Å². The predicted octanol–water partition coefficient (Wildman–Crippen LogP) is 7.76. The molecular formula is C46H76NO11P. The average Bonchev–Trinajstić information content (AvgIpc) is 3.44. The van der Waals surface area contributed by atoms with Crippen molar-refractivity contribution < 1.29 is 57.4 Å². The summed E-state index contributed by atoms with van der Waals surface area (Å²) in [5.41, 5.74) is 0. The summed E-state index contributed by atoms with van der Waals surface area (Å²) in [5.74, 6) is -1.84. The number of hydrogen-bond acceptors (Lipinski definition) is 11. The van der Waals surface area contributed by atoms with E-state index in [1.165, 1.54) is 0 Å². The molecule has 12 nitrogen and oxygen atoms in total. The lowest BCUT2D eigenvalue weighted by Gasteiger charge is -2.28. The molecular weight excluding hydrogens is 773 g/mol. The largest absolute Gasteiger partial charge is 0.756 e. The first-order chi connectivity index (χ1) is 28.2. The van der Waals surface area contributed by atoms with Gasteiger partial charge in [-0.15, -0.1) is 0 Å². The molecule has 1 saturated carbocycles. The second-order valence-electron chi connectivity index (χ2n) is 16.0. The molecule has 0 amide bonds. The lowest BCUT2D eigenvalue weighted by Crippen LogP contribution is -2.37. The molecule has 0 spiro atoms. The van der Waals surface area contributed by atoms with Crippen molar-refractivity contribution in [2.45, 2.75) is 135 Å². The molecule has 336 valence electrons. The summed E-state index contributed by atoms with van der Waals surface area (Å²) in [6.07, 6.45) is 34.7. The number of quaternary nitrogens is 1. The van der Waals surface area contributed by atoms with E-state index in [1.807, 2.05) is 33.3 Å². The van der Waals surface area contributed by atoms with Gasteiger partial charge in [-0.1, -0.05) is 118 Å². The Morgan fingerprint density at radius 3 is 2.03 bits per heavy atom. The molecule has 0 heterocycles. The Hall–Kier alpha value is -2.93. The smallest absolute Gasteiger partial charge is 0.309 e. The number of nitrogens with zero attached hydrogens (tertiary/aromatic N) is 1. The number of rotatable bonds is 33. The van der Waals surface area contributed by atoms with Gasteiger partial charge in [0.1, 0.15) is 19.8 Å². The van der Waals surface area contributed by atoms with Gasteiger partial charge in [-0.25, -0.2) is 0 Å². The van der Waals surface area contributed by atoms with Crippen LogP contribution in [0, 0.1) is 11.8 Å². The Kier molecular flexibility index (Phi) is 30.1. The van der Waals surface area contributed by atoms with Crippen LogP contribution in [0.25, 0.3) is 0 Å². The van der Waals surface area contributed by atoms with Crippen molar-refractivity contribution >= 4 is 19.8 Å². The van der Waals surface area contributed by atoms with Gasteiger partial charge < -0.3 is 43.2 Å². The van der Waals surface area contributed by atoms with E-state index in [1.54, 1.807) is 24.3 Å². The first-order valence-corrected chi connectivity index (χ1v) is 23.0. The van der Waals surface area contributed by atoms with Gasteiger partial charge in [0.15, 0.2) is 6.10 Å². The molecule has 0 radical (unpaired) electrons. The molecule has 0 aromatic rings. The Bertz CT molecular complexity index is 1400. The van der Waals surface area contributed by atoms with Crippen LogP contribution in [-0.2, 0) is 32.7 Å². The molecule has 3 N–H and O–H groups in total. The van der Waals surface area contributed by atoms with Crippen molar-refractivity contribution in [3.8, 4) is 0 Å². The first-order valence-electron chi connectivity index (χ1n) is 21.6. The van der Waals surface area contributed by atoms with E-state index in [2.05, 4.69) is 62.5 Å². The minimum Gasteiger partial charge on any atom is -0.756 e. The number of carbonyl (C=O) groups is 2. The summed E-state index contributed by atoms with van der Waals surface area (Å²) in [5, 5.41) is 31.4. The number of likely N-dealkylation sites (N-methyl/N-ethyl adjacent to an activating group) is 1. The number of unbranched alkanes of at least 4 members (excludes halogenated alkanes) is 3. The molecule has 0 aliphatic heterocycles. The number of aliphatic hydroxyl groups excluding tert-OH is 3. The Morgan fingerprint density at radius 2 is 1.42 bits per heavy atom. The van der Waals surface area contributed by atoms with Crippen molar-refractivity contribution in [2.75, 3.05) is 47.5 Å². The number of esters is 2. The number of carbonyl (C=O) groups excluding carboxylic acids is 2. The minimum atomic E-state index is -4.73. The van der Waals surface area contributed by atoms with Crippen molar-refractivity contribution in [3.63, 3.8) is 0 Å². The summed E-state index contributed by atoms with van der Waals surface area (Å²) >= 11 is 0. The molecule has 0 aromatic carbocycles.